The number of rotatable bonds is 2. The third kappa shape index (κ3) is 2.44. The Hall–Kier alpha value is -2.33. The van der Waals surface area contributed by atoms with Gasteiger partial charge in [-0.15, -0.1) is 0 Å². The van der Waals surface area contributed by atoms with Crippen LogP contribution in [0.3, 0.4) is 0 Å². The normalized spacial score (nSPS) is 10.6. The molecule has 3 N–H and O–H groups in total. The summed E-state index contributed by atoms with van der Waals surface area (Å²) in [5.74, 6) is 0.590. The molecule has 5 heteroatoms. The maximum absolute atomic E-state index is 5.86. The van der Waals surface area contributed by atoms with Gasteiger partial charge in [0.05, 0.1) is 16.2 Å². The fourth-order valence-corrected chi connectivity index (χ4v) is 2.02. The summed E-state index contributed by atoms with van der Waals surface area (Å²) in [5, 5.41) is 4.74. The van der Waals surface area contributed by atoms with E-state index in [4.69, 9.17) is 17.3 Å². The quantitative estimate of drug-likeness (QED) is 0.747. The number of fused-ring (bicyclic) bond motifs is 1. The van der Waals surface area contributed by atoms with E-state index < -0.39 is 0 Å². The molecule has 3 aromatic rings. The smallest absolute Gasteiger partial charge is 0.153 e. The number of hydrogen-bond donors (Lipinski definition) is 2. The number of anilines is 3. The predicted molar refractivity (Wildman–Crippen MR) is 78.7 cm³/mol. The van der Waals surface area contributed by atoms with E-state index in [1.165, 1.54) is 0 Å². The Morgan fingerprint density at radius 1 is 1.11 bits per heavy atom. The molecule has 0 saturated heterocycles. The maximum Gasteiger partial charge on any atom is 0.153 e. The summed E-state index contributed by atoms with van der Waals surface area (Å²) in [6.45, 7) is 0. The van der Waals surface area contributed by atoms with E-state index in [0.717, 1.165) is 16.6 Å². The van der Waals surface area contributed by atoms with Gasteiger partial charge in [-0.2, -0.15) is 0 Å². The minimum absolute atomic E-state index is 0.513. The number of hydrogen-bond acceptors (Lipinski definition) is 4. The van der Waals surface area contributed by atoms with Crippen molar-refractivity contribution in [1.29, 1.82) is 0 Å². The van der Waals surface area contributed by atoms with Crippen LogP contribution in [0, 0.1) is 0 Å². The summed E-state index contributed by atoms with van der Waals surface area (Å²) < 4.78 is 0. The molecule has 0 unspecified atom stereocenters. The van der Waals surface area contributed by atoms with Crippen LogP contribution >= 0.6 is 11.6 Å². The topological polar surface area (TPSA) is 63.8 Å². The van der Waals surface area contributed by atoms with Crippen molar-refractivity contribution in [3.05, 3.63) is 53.8 Å². The summed E-state index contributed by atoms with van der Waals surface area (Å²) in [4.78, 5) is 8.44. The van der Waals surface area contributed by atoms with E-state index in [9.17, 15) is 0 Å². The molecule has 0 radical (unpaired) electrons. The summed E-state index contributed by atoms with van der Waals surface area (Å²) in [6, 6.07) is 11.5. The molecule has 4 nitrogen and oxygen atoms in total. The molecule has 0 aliphatic heterocycles. The highest BCUT2D eigenvalue weighted by atomic mass is 35.5. The van der Waals surface area contributed by atoms with Crippen LogP contribution in [0.1, 0.15) is 0 Å². The van der Waals surface area contributed by atoms with Gasteiger partial charge in [0.2, 0.25) is 0 Å². The number of halogens is 1. The van der Waals surface area contributed by atoms with Crippen molar-refractivity contribution in [3.8, 4) is 0 Å². The zero-order valence-corrected chi connectivity index (χ0v) is 10.7. The van der Waals surface area contributed by atoms with Crippen LogP contribution in [0.25, 0.3) is 10.9 Å². The Morgan fingerprint density at radius 2 is 2.00 bits per heavy atom. The molecule has 0 saturated carbocycles. The second-order valence-corrected chi connectivity index (χ2v) is 4.56. The second-order valence-electron chi connectivity index (χ2n) is 4.13. The van der Waals surface area contributed by atoms with E-state index in [-0.39, 0.29) is 0 Å². The van der Waals surface area contributed by atoms with Gasteiger partial charge in [0, 0.05) is 23.5 Å². The first-order valence-corrected chi connectivity index (χ1v) is 6.13. The average molecular weight is 271 g/mol. The third-order valence-electron chi connectivity index (χ3n) is 2.75. The minimum Gasteiger partial charge on any atom is -0.396 e. The highest BCUT2D eigenvalue weighted by molar-refractivity contribution is 6.30. The third-order valence-corrected chi connectivity index (χ3v) is 2.96. The van der Waals surface area contributed by atoms with E-state index >= 15 is 0 Å². The number of pyridine rings is 2. The molecule has 94 valence electrons. The van der Waals surface area contributed by atoms with Gasteiger partial charge in [0.15, 0.2) is 5.82 Å². The Balaban J connectivity index is 1.96. The molecule has 0 bridgehead atoms. The fraction of sp³-hybridized carbons (Fsp3) is 0. The van der Waals surface area contributed by atoms with Crippen LogP contribution in [0.5, 0.6) is 0 Å². The highest BCUT2D eigenvalue weighted by Gasteiger charge is 2.03. The molecule has 1 aromatic carbocycles. The highest BCUT2D eigenvalue weighted by Crippen LogP contribution is 2.25. The van der Waals surface area contributed by atoms with Crippen LogP contribution in [-0.4, -0.2) is 9.97 Å². The standard InChI is InChI=1S/C14H11ClN4/c15-10-7-12(16)14(18-8-10)19-11-3-4-13-9(6-11)2-1-5-17-13/h1-8H,16H2,(H,18,19). The van der Waals surface area contributed by atoms with E-state index in [1.807, 2.05) is 30.3 Å². The molecule has 0 atom stereocenters. The van der Waals surface area contributed by atoms with Crippen LogP contribution < -0.4 is 11.1 Å². The monoisotopic (exact) mass is 270 g/mol. The summed E-state index contributed by atoms with van der Waals surface area (Å²) >= 11 is 5.82. The number of nitrogens with one attached hydrogen (secondary N) is 1. The molecule has 0 spiro atoms. The van der Waals surface area contributed by atoms with Crippen molar-refractivity contribution < 1.29 is 0 Å². The summed E-state index contributed by atoms with van der Waals surface area (Å²) in [7, 11) is 0. The van der Waals surface area contributed by atoms with E-state index in [0.29, 0.717) is 16.5 Å². The summed E-state index contributed by atoms with van der Waals surface area (Å²) in [6.07, 6.45) is 3.33. The number of nitrogens with two attached hydrogens (primary N) is 1. The van der Waals surface area contributed by atoms with Crippen molar-refractivity contribution in [3.63, 3.8) is 0 Å². The molecule has 19 heavy (non-hydrogen) atoms. The molecule has 2 aromatic heterocycles. The van der Waals surface area contributed by atoms with Gasteiger partial charge < -0.3 is 11.1 Å². The zero-order valence-electron chi connectivity index (χ0n) is 9.97. The molecule has 0 fully saturated rings. The van der Waals surface area contributed by atoms with E-state index in [2.05, 4.69) is 15.3 Å². The Bertz CT molecular complexity index is 742. The molecular formula is C14H11ClN4. The first-order valence-electron chi connectivity index (χ1n) is 5.75. The minimum atomic E-state index is 0.513. The lowest BCUT2D eigenvalue weighted by molar-refractivity contribution is 1.31. The van der Waals surface area contributed by atoms with E-state index in [1.54, 1.807) is 18.5 Å². The Kier molecular flexibility index (Phi) is 2.93. The SMILES string of the molecule is Nc1cc(Cl)cnc1Nc1ccc2ncccc2c1. The van der Waals surface area contributed by atoms with Gasteiger partial charge in [-0.25, -0.2) is 4.98 Å². The maximum atomic E-state index is 5.86. The molecule has 3 rings (SSSR count). The zero-order chi connectivity index (χ0) is 13.2. The van der Waals surface area contributed by atoms with Crippen molar-refractivity contribution in [1.82, 2.24) is 9.97 Å². The predicted octanol–water partition coefficient (Wildman–Crippen LogP) is 3.61. The Morgan fingerprint density at radius 3 is 2.84 bits per heavy atom. The lowest BCUT2D eigenvalue weighted by Crippen LogP contribution is -1.98. The number of nitrogens with zero attached hydrogens (tertiary/aromatic N) is 2. The lowest BCUT2D eigenvalue weighted by atomic mass is 10.2. The average Bonchev–Trinajstić information content (AvgIpc) is 2.42. The molecule has 2 heterocycles. The van der Waals surface area contributed by atoms with Crippen LogP contribution in [0.4, 0.5) is 17.2 Å². The van der Waals surface area contributed by atoms with Gasteiger partial charge >= 0.3 is 0 Å². The molecule has 0 amide bonds. The van der Waals surface area contributed by atoms with Gasteiger partial charge in [0.25, 0.3) is 0 Å². The lowest BCUT2D eigenvalue weighted by Gasteiger charge is -2.09. The van der Waals surface area contributed by atoms with Crippen LogP contribution in [-0.2, 0) is 0 Å². The van der Waals surface area contributed by atoms with Crippen molar-refractivity contribution in [2.24, 2.45) is 0 Å². The number of nitrogen functional groups attached to an aromatic ring is 1. The Labute approximate surface area is 115 Å². The number of benzene rings is 1. The van der Waals surface area contributed by atoms with Crippen molar-refractivity contribution in [2.45, 2.75) is 0 Å². The van der Waals surface area contributed by atoms with Crippen molar-refractivity contribution in [2.75, 3.05) is 11.1 Å². The number of aromatic nitrogens is 2. The molecule has 0 aliphatic carbocycles. The van der Waals surface area contributed by atoms with Crippen LogP contribution in [0.15, 0.2) is 48.8 Å². The van der Waals surface area contributed by atoms with Gasteiger partial charge in [-0.1, -0.05) is 17.7 Å². The van der Waals surface area contributed by atoms with Gasteiger partial charge in [-0.3, -0.25) is 4.98 Å². The van der Waals surface area contributed by atoms with Gasteiger partial charge in [-0.05, 0) is 30.3 Å². The largest absolute Gasteiger partial charge is 0.396 e. The second kappa shape index (κ2) is 4.74. The van der Waals surface area contributed by atoms with Crippen molar-refractivity contribution >= 4 is 39.7 Å². The fourth-order valence-electron chi connectivity index (χ4n) is 1.85. The first kappa shape index (κ1) is 11.7. The van der Waals surface area contributed by atoms with Gasteiger partial charge in [0.1, 0.15) is 0 Å². The van der Waals surface area contributed by atoms with Crippen LogP contribution in [0.2, 0.25) is 5.02 Å². The molecular weight excluding hydrogens is 260 g/mol. The first-order chi connectivity index (χ1) is 9.22. The summed E-state index contributed by atoms with van der Waals surface area (Å²) in [5.41, 5.74) is 8.23. The molecule has 0 aliphatic rings.